The number of alkyl halides is 2. The number of halogens is 4. The predicted molar refractivity (Wildman–Crippen MR) is 55.0 cm³/mol. The van der Waals surface area contributed by atoms with Gasteiger partial charge in [0, 0.05) is 8.04 Å². The second-order valence-corrected chi connectivity index (χ2v) is 4.16. The first kappa shape index (κ1) is 11.0. The van der Waals surface area contributed by atoms with Crippen LogP contribution >= 0.6 is 38.5 Å². The molecule has 0 saturated carbocycles. The molecule has 1 rings (SSSR count). The molecule has 0 aliphatic carbocycles. The van der Waals surface area contributed by atoms with E-state index in [2.05, 4.69) is 20.9 Å². The van der Waals surface area contributed by atoms with E-state index < -0.39 is 6.43 Å². The molecule has 0 amide bonds. The first-order valence-corrected chi connectivity index (χ1v) is 5.02. The molecule has 0 aliphatic heterocycles. The van der Waals surface area contributed by atoms with Crippen molar-refractivity contribution in [1.29, 1.82) is 0 Å². The van der Waals surface area contributed by atoms with Crippen LogP contribution in [0.1, 0.15) is 22.6 Å². The Bertz CT molecular complexity index is 346. The zero-order valence-corrected chi connectivity index (χ0v) is 9.84. The van der Waals surface area contributed by atoms with E-state index in [1.54, 1.807) is 22.6 Å². The fraction of sp³-hybridized carbons (Fsp3) is 0.143. The summed E-state index contributed by atoms with van der Waals surface area (Å²) < 4.78 is 25.3. The van der Waals surface area contributed by atoms with Gasteiger partial charge in [-0.05, 0) is 44.6 Å². The molecule has 0 atom stereocenters. The average Bonchev–Trinajstić information content (AvgIpc) is 2.03. The summed E-state index contributed by atoms with van der Waals surface area (Å²) in [5.74, 6) is 0. The largest absolute Gasteiger partial charge is 0.296 e. The lowest BCUT2D eigenvalue weighted by atomic mass is 10.3. The van der Waals surface area contributed by atoms with E-state index in [1.807, 2.05) is 0 Å². The Morgan fingerprint density at radius 2 is 2.23 bits per heavy atom. The highest BCUT2D eigenvalue weighted by Crippen LogP contribution is 2.26. The van der Waals surface area contributed by atoms with E-state index in [0.717, 1.165) is 0 Å². The molecular formula is C7H3BrF2INO. The highest BCUT2D eigenvalue weighted by Gasteiger charge is 2.15. The number of aldehydes is 1. The van der Waals surface area contributed by atoms with Gasteiger partial charge in [0.15, 0.2) is 6.29 Å². The summed E-state index contributed by atoms with van der Waals surface area (Å²) in [6, 6.07) is 1.44. The van der Waals surface area contributed by atoms with Crippen LogP contribution in [-0.2, 0) is 0 Å². The van der Waals surface area contributed by atoms with Gasteiger partial charge in [-0.15, -0.1) is 0 Å². The maximum absolute atomic E-state index is 12.3. The summed E-state index contributed by atoms with van der Waals surface area (Å²) in [4.78, 5) is 13.9. The van der Waals surface area contributed by atoms with Crippen molar-refractivity contribution < 1.29 is 13.6 Å². The van der Waals surface area contributed by atoms with E-state index in [9.17, 15) is 13.6 Å². The zero-order chi connectivity index (χ0) is 10.0. The molecule has 0 saturated heterocycles. The third-order valence-corrected chi connectivity index (χ3v) is 2.80. The SMILES string of the molecule is O=Cc1nc(C(F)F)c(I)cc1Br. The van der Waals surface area contributed by atoms with Crippen LogP contribution in [0.5, 0.6) is 0 Å². The number of aromatic nitrogens is 1. The molecular weight excluding hydrogens is 359 g/mol. The summed E-state index contributed by atoms with van der Waals surface area (Å²) in [5.41, 5.74) is -0.360. The topological polar surface area (TPSA) is 30.0 Å². The Morgan fingerprint density at radius 3 is 2.69 bits per heavy atom. The van der Waals surface area contributed by atoms with Crippen LogP contribution in [0, 0.1) is 3.57 Å². The highest BCUT2D eigenvalue weighted by atomic mass is 127. The van der Waals surface area contributed by atoms with Crippen molar-refractivity contribution in [2.75, 3.05) is 0 Å². The second-order valence-electron chi connectivity index (χ2n) is 2.14. The molecule has 13 heavy (non-hydrogen) atoms. The van der Waals surface area contributed by atoms with E-state index in [0.29, 0.717) is 14.3 Å². The predicted octanol–water partition coefficient (Wildman–Crippen LogP) is 3.20. The first-order chi connectivity index (χ1) is 6.06. The van der Waals surface area contributed by atoms with Crippen molar-refractivity contribution >= 4 is 44.8 Å². The lowest BCUT2D eigenvalue weighted by Gasteiger charge is -2.04. The molecule has 0 N–H and O–H groups in total. The van der Waals surface area contributed by atoms with Gasteiger partial charge < -0.3 is 0 Å². The van der Waals surface area contributed by atoms with Gasteiger partial charge in [-0.2, -0.15) is 0 Å². The minimum absolute atomic E-state index is 0.00397. The number of hydrogen-bond acceptors (Lipinski definition) is 2. The summed E-state index contributed by atoms with van der Waals surface area (Å²) in [6.45, 7) is 0. The Kier molecular flexibility index (Phi) is 3.72. The van der Waals surface area contributed by atoms with Crippen LogP contribution in [0.3, 0.4) is 0 Å². The lowest BCUT2D eigenvalue weighted by molar-refractivity contribution is 0.111. The quantitative estimate of drug-likeness (QED) is 0.598. The van der Waals surface area contributed by atoms with Gasteiger partial charge in [0.2, 0.25) is 0 Å². The lowest BCUT2D eigenvalue weighted by Crippen LogP contribution is -1.99. The molecule has 1 aromatic heterocycles. The number of carbonyl (C=O) groups is 1. The van der Waals surface area contributed by atoms with Crippen LogP contribution in [0.4, 0.5) is 8.78 Å². The van der Waals surface area contributed by atoms with Crippen LogP contribution in [0.25, 0.3) is 0 Å². The van der Waals surface area contributed by atoms with Crippen LogP contribution in [0.15, 0.2) is 10.5 Å². The summed E-state index contributed by atoms with van der Waals surface area (Å²) in [5, 5.41) is 0. The smallest absolute Gasteiger partial charge is 0.281 e. The number of hydrogen-bond donors (Lipinski definition) is 0. The van der Waals surface area contributed by atoms with E-state index in [-0.39, 0.29) is 11.4 Å². The first-order valence-electron chi connectivity index (χ1n) is 3.15. The molecule has 1 aromatic rings. The molecule has 70 valence electrons. The van der Waals surface area contributed by atoms with Gasteiger partial charge in [0.05, 0.1) is 0 Å². The molecule has 0 bridgehead atoms. The normalized spacial score (nSPS) is 10.5. The Balaban J connectivity index is 3.30. The summed E-state index contributed by atoms with van der Waals surface area (Å²) in [7, 11) is 0. The van der Waals surface area contributed by atoms with E-state index in [1.165, 1.54) is 6.07 Å². The van der Waals surface area contributed by atoms with Gasteiger partial charge in [-0.25, -0.2) is 13.8 Å². The molecule has 0 unspecified atom stereocenters. The Morgan fingerprint density at radius 1 is 1.62 bits per heavy atom. The van der Waals surface area contributed by atoms with Crippen LogP contribution in [0.2, 0.25) is 0 Å². The summed E-state index contributed by atoms with van der Waals surface area (Å²) in [6.07, 6.45) is -2.22. The number of nitrogens with zero attached hydrogens (tertiary/aromatic N) is 1. The monoisotopic (exact) mass is 361 g/mol. The average molecular weight is 362 g/mol. The standard InChI is InChI=1S/C7H3BrF2INO/c8-3-1-4(11)6(7(9)10)12-5(3)2-13/h1-2,7H. The number of carbonyl (C=O) groups excluding carboxylic acids is 1. The fourth-order valence-electron chi connectivity index (χ4n) is 0.731. The minimum Gasteiger partial charge on any atom is -0.296 e. The molecule has 1 heterocycles. The number of pyridine rings is 1. The molecule has 0 spiro atoms. The molecule has 0 fully saturated rings. The Labute approximate surface area is 95.0 Å². The van der Waals surface area contributed by atoms with Crippen molar-refractivity contribution in [3.8, 4) is 0 Å². The summed E-state index contributed by atoms with van der Waals surface area (Å²) >= 11 is 4.79. The Hall–Kier alpha value is -0.110. The molecule has 0 aromatic carbocycles. The van der Waals surface area contributed by atoms with Crippen molar-refractivity contribution in [3.05, 3.63) is 25.5 Å². The maximum Gasteiger partial charge on any atom is 0.281 e. The van der Waals surface area contributed by atoms with Crippen molar-refractivity contribution in [1.82, 2.24) is 4.98 Å². The third-order valence-electron chi connectivity index (χ3n) is 1.30. The van der Waals surface area contributed by atoms with E-state index >= 15 is 0 Å². The fourth-order valence-corrected chi connectivity index (χ4v) is 2.24. The molecule has 0 radical (unpaired) electrons. The van der Waals surface area contributed by atoms with Crippen LogP contribution < -0.4 is 0 Å². The highest BCUT2D eigenvalue weighted by molar-refractivity contribution is 14.1. The second kappa shape index (κ2) is 4.41. The van der Waals surface area contributed by atoms with Gasteiger partial charge in [-0.3, -0.25) is 4.79 Å². The zero-order valence-electron chi connectivity index (χ0n) is 6.10. The molecule has 0 aliphatic rings. The maximum atomic E-state index is 12.3. The van der Waals surface area contributed by atoms with Crippen molar-refractivity contribution in [3.63, 3.8) is 0 Å². The van der Waals surface area contributed by atoms with Crippen LogP contribution in [-0.4, -0.2) is 11.3 Å². The molecule has 2 nitrogen and oxygen atoms in total. The van der Waals surface area contributed by atoms with Gasteiger partial charge in [0.1, 0.15) is 11.4 Å². The van der Waals surface area contributed by atoms with Crippen molar-refractivity contribution in [2.45, 2.75) is 6.43 Å². The van der Waals surface area contributed by atoms with E-state index in [4.69, 9.17) is 0 Å². The minimum atomic E-state index is -2.65. The van der Waals surface area contributed by atoms with Gasteiger partial charge in [0.25, 0.3) is 6.43 Å². The van der Waals surface area contributed by atoms with Crippen molar-refractivity contribution in [2.24, 2.45) is 0 Å². The third kappa shape index (κ3) is 2.43. The van der Waals surface area contributed by atoms with Gasteiger partial charge >= 0.3 is 0 Å². The number of rotatable bonds is 2. The van der Waals surface area contributed by atoms with Gasteiger partial charge in [-0.1, -0.05) is 0 Å². The molecule has 6 heteroatoms.